The average molecular weight is 671 g/mol. The van der Waals surface area contributed by atoms with E-state index in [-0.39, 0.29) is 11.8 Å². The van der Waals surface area contributed by atoms with Gasteiger partial charge < -0.3 is 9.47 Å². The fraction of sp³-hybridized carbons (Fsp3) is 0.300. The molecule has 10 nitrogen and oxygen atoms in total. The highest BCUT2D eigenvalue weighted by Crippen LogP contribution is 2.60. The van der Waals surface area contributed by atoms with Gasteiger partial charge in [0.1, 0.15) is 23.6 Å². The number of imide groups is 2. The number of anilines is 2. The summed E-state index contributed by atoms with van der Waals surface area (Å²) in [5.74, 6) is -2.36. The third-order valence-electron chi connectivity index (χ3n) is 10.1. The van der Waals surface area contributed by atoms with Gasteiger partial charge >= 0.3 is 0 Å². The maximum atomic E-state index is 14.8. The molecule has 4 aromatic rings. The van der Waals surface area contributed by atoms with E-state index in [0.29, 0.717) is 36.1 Å². The highest BCUT2D eigenvalue weighted by atomic mass is 16.5. The molecule has 0 aliphatic carbocycles. The average Bonchev–Trinajstić information content (AvgIpc) is 3.82. The number of rotatable bonds is 10. The molecule has 4 saturated heterocycles. The van der Waals surface area contributed by atoms with Crippen LogP contribution in [0.2, 0.25) is 0 Å². The topological polar surface area (TPSA) is 99.7 Å². The van der Waals surface area contributed by atoms with Gasteiger partial charge in [-0.3, -0.25) is 19.2 Å². The monoisotopic (exact) mass is 670 g/mol. The fourth-order valence-electron chi connectivity index (χ4n) is 8.23. The number of benzene rings is 4. The number of ether oxygens (including phenoxy) is 2. The Hall–Kier alpha value is -5.32. The quantitative estimate of drug-likeness (QED) is 0.198. The van der Waals surface area contributed by atoms with Crippen molar-refractivity contribution in [1.82, 2.24) is 10.0 Å². The SMILES string of the molecule is CCCOc1ccccc1N1C(=O)[C@H]2[C@@H](C1=O)N1[C@@H](c3ccccc3)[C@H]3C(=O)N(c4ccccc4OCCC)C(=O)[C@@H]3N1[C@H]2c1ccccc1. The second-order valence-electron chi connectivity index (χ2n) is 13.1. The van der Waals surface area contributed by atoms with E-state index in [4.69, 9.17) is 9.47 Å². The lowest BCUT2D eigenvalue weighted by Crippen LogP contribution is -2.50. The van der Waals surface area contributed by atoms with Gasteiger partial charge in [0.2, 0.25) is 11.8 Å². The van der Waals surface area contributed by atoms with E-state index in [1.807, 2.05) is 96.7 Å². The van der Waals surface area contributed by atoms with Gasteiger partial charge in [0.05, 0.1) is 48.5 Å². The molecule has 6 atom stereocenters. The molecule has 4 aromatic carbocycles. The van der Waals surface area contributed by atoms with Gasteiger partial charge in [-0.1, -0.05) is 98.8 Å². The van der Waals surface area contributed by atoms with Gasteiger partial charge in [0, 0.05) is 0 Å². The zero-order chi connectivity index (χ0) is 34.5. The van der Waals surface area contributed by atoms with Gasteiger partial charge in [-0.05, 0) is 48.2 Å². The largest absolute Gasteiger partial charge is 0.491 e. The Morgan fingerprint density at radius 2 is 0.820 bits per heavy atom. The molecule has 0 saturated carbocycles. The summed E-state index contributed by atoms with van der Waals surface area (Å²) in [5, 5.41) is 3.77. The van der Waals surface area contributed by atoms with Crippen molar-refractivity contribution in [3.63, 3.8) is 0 Å². The molecular formula is C40H38N4O6. The molecule has 4 aliphatic heterocycles. The third-order valence-corrected chi connectivity index (χ3v) is 10.1. The van der Waals surface area contributed by atoms with Gasteiger partial charge in [0.25, 0.3) is 11.8 Å². The molecule has 0 radical (unpaired) electrons. The number of carbonyl (C=O) groups is 4. The predicted molar refractivity (Wildman–Crippen MR) is 186 cm³/mol. The maximum Gasteiger partial charge on any atom is 0.253 e. The number of para-hydroxylation sites is 4. The second-order valence-corrected chi connectivity index (χ2v) is 13.1. The number of carbonyl (C=O) groups excluding carboxylic acids is 4. The van der Waals surface area contributed by atoms with Crippen LogP contribution < -0.4 is 19.3 Å². The zero-order valence-electron chi connectivity index (χ0n) is 27.9. The molecule has 4 aliphatic rings. The molecule has 50 heavy (non-hydrogen) atoms. The minimum Gasteiger partial charge on any atom is -0.491 e. The highest BCUT2D eigenvalue weighted by Gasteiger charge is 2.73. The normalized spacial score (nSPS) is 26.0. The van der Waals surface area contributed by atoms with Gasteiger partial charge in [-0.25, -0.2) is 19.8 Å². The number of hydrogen-bond donors (Lipinski definition) is 0. The predicted octanol–water partition coefficient (Wildman–Crippen LogP) is 5.71. The first-order valence-corrected chi connectivity index (χ1v) is 17.3. The van der Waals surface area contributed by atoms with E-state index >= 15 is 0 Å². The lowest BCUT2D eigenvalue weighted by molar-refractivity contribution is -0.136. The van der Waals surface area contributed by atoms with Crippen LogP contribution >= 0.6 is 0 Å². The van der Waals surface area contributed by atoms with Crippen LogP contribution in [0.3, 0.4) is 0 Å². The van der Waals surface area contributed by atoms with Crippen molar-refractivity contribution in [2.45, 2.75) is 50.9 Å². The van der Waals surface area contributed by atoms with E-state index in [2.05, 4.69) is 0 Å². The molecular weight excluding hydrogens is 632 g/mol. The minimum atomic E-state index is -0.961. The lowest BCUT2D eigenvalue weighted by atomic mass is 9.84. The van der Waals surface area contributed by atoms with Crippen LogP contribution in [0, 0.1) is 11.8 Å². The Morgan fingerprint density at radius 1 is 0.460 bits per heavy atom. The van der Waals surface area contributed by atoms with Crippen LogP contribution in [-0.4, -0.2) is 58.9 Å². The fourth-order valence-corrected chi connectivity index (χ4v) is 8.23. The smallest absolute Gasteiger partial charge is 0.253 e. The summed E-state index contributed by atoms with van der Waals surface area (Å²) >= 11 is 0. The van der Waals surface area contributed by atoms with Crippen molar-refractivity contribution in [2.24, 2.45) is 11.8 Å². The van der Waals surface area contributed by atoms with E-state index < -0.39 is 47.8 Å². The molecule has 4 fully saturated rings. The molecule has 4 heterocycles. The summed E-state index contributed by atoms with van der Waals surface area (Å²) in [7, 11) is 0. The van der Waals surface area contributed by atoms with Crippen molar-refractivity contribution in [3.05, 3.63) is 120 Å². The Balaban J connectivity index is 1.29. The van der Waals surface area contributed by atoms with Crippen LogP contribution in [-0.2, 0) is 19.2 Å². The number of hydrogen-bond acceptors (Lipinski definition) is 8. The summed E-state index contributed by atoms with van der Waals surface area (Å²) in [4.78, 5) is 61.7. The van der Waals surface area contributed by atoms with Crippen molar-refractivity contribution < 1.29 is 28.7 Å². The first-order chi connectivity index (χ1) is 24.5. The van der Waals surface area contributed by atoms with Crippen LogP contribution in [0.1, 0.15) is 49.9 Å². The first kappa shape index (κ1) is 31.9. The first-order valence-electron chi connectivity index (χ1n) is 17.3. The molecule has 8 rings (SSSR count). The molecule has 0 N–H and O–H groups in total. The molecule has 254 valence electrons. The summed E-state index contributed by atoms with van der Waals surface area (Å²) < 4.78 is 12.0. The van der Waals surface area contributed by atoms with E-state index in [9.17, 15) is 19.2 Å². The zero-order valence-corrected chi connectivity index (χ0v) is 27.9. The van der Waals surface area contributed by atoms with Gasteiger partial charge in [0.15, 0.2) is 0 Å². The van der Waals surface area contributed by atoms with E-state index in [1.54, 1.807) is 36.4 Å². The van der Waals surface area contributed by atoms with E-state index in [0.717, 1.165) is 24.0 Å². The Morgan fingerprint density at radius 3 is 1.20 bits per heavy atom. The second kappa shape index (κ2) is 12.9. The molecule has 0 aromatic heterocycles. The van der Waals surface area contributed by atoms with Crippen LogP contribution in [0.25, 0.3) is 0 Å². The molecule has 10 heteroatoms. The van der Waals surface area contributed by atoms with E-state index in [1.165, 1.54) is 9.80 Å². The molecule has 0 bridgehead atoms. The molecule has 0 spiro atoms. The van der Waals surface area contributed by atoms with Crippen molar-refractivity contribution >= 4 is 35.0 Å². The molecule has 4 amide bonds. The van der Waals surface area contributed by atoms with Crippen LogP contribution in [0.15, 0.2) is 109 Å². The standard InChI is InChI=1S/C40H38N4O6/c1-3-23-49-29-21-13-11-19-27(29)41-37(45)31-33(25-15-7-5-8-16-25)44-36-32(34(26-17-9-6-10-18-26)43(44)35(31)39(41)47)38(46)42(40(36)48)28-20-12-14-22-30(28)50-24-4-2/h5-22,31-36H,3-4,23-24H2,1-2H3/t31-,32-,33+,34+,35-,36+/m1/s1. The Kier molecular flexibility index (Phi) is 8.20. The van der Waals surface area contributed by atoms with Crippen molar-refractivity contribution in [2.75, 3.05) is 23.0 Å². The van der Waals surface area contributed by atoms with Gasteiger partial charge in [-0.15, -0.1) is 0 Å². The van der Waals surface area contributed by atoms with Crippen LogP contribution in [0.4, 0.5) is 11.4 Å². The Labute approximate surface area is 290 Å². The third kappa shape index (κ3) is 4.77. The number of fused-ring (bicyclic) bond motifs is 5. The molecule has 0 unspecified atom stereocenters. The number of nitrogens with zero attached hydrogens (tertiary/aromatic N) is 4. The van der Waals surface area contributed by atoms with Crippen LogP contribution in [0.5, 0.6) is 11.5 Å². The lowest BCUT2D eigenvalue weighted by Gasteiger charge is -2.36. The van der Waals surface area contributed by atoms with Crippen molar-refractivity contribution in [3.8, 4) is 11.5 Å². The summed E-state index contributed by atoms with van der Waals surface area (Å²) in [6, 6.07) is 29.9. The van der Waals surface area contributed by atoms with Crippen molar-refractivity contribution in [1.29, 1.82) is 0 Å². The Bertz CT molecular complexity index is 1810. The summed E-state index contributed by atoms with van der Waals surface area (Å²) in [6.07, 6.45) is 1.52. The minimum absolute atomic E-state index is 0.369. The number of amides is 4. The van der Waals surface area contributed by atoms with Gasteiger partial charge in [-0.2, -0.15) is 0 Å². The summed E-state index contributed by atoms with van der Waals surface area (Å²) in [5.41, 5.74) is 2.34. The maximum absolute atomic E-state index is 14.8. The highest BCUT2D eigenvalue weighted by molar-refractivity contribution is 6.26. The summed E-state index contributed by atoms with van der Waals surface area (Å²) in [6.45, 7) is 4.85. The number of hydrazine groups is 1.